The minimum atomic E-state index is -4.45. The number of thiophene rings is 2. The molecule has 0 aromatic carbocycles. The Hall–Kier alpha value is -2.08. The summed E-state index contributed by atoms with van der Waals surface area (Å²) >= 11 is 0.792. The molecule has 0 atom stereocenters. The molecule has 0 radical (unpaired) electrons. The smallest absolute Gasteiger partial charge is 0.425 e. The van der Waals surface area contributed by atoms with Gasteiger partial charge < -0.3 is 9.84 Å². The van der Waals surface area contributed by atoms with Crippen molar-refractivity contribution in [2.24, 2.45) is 0 Å². The number of rotatable bonds is 3. The lowest BCUT2D eigenvalue weighted by molar-refractivity contribution is -0.153. The summed E-state index contributed by atoms with van der Waals surface area (Å²) in [6.45, 7) is 5.13. The van der Waals surface area contributed by atoms with Crippen LogP contribution in [0.4, 0.5) is 26.3 Å². The largest absolute Gasteiger partial charge is 0.477 e. The van der Waals surface area contributed by atoms with E-state index >= 15 is 0 Å². The third kappa shape index (κ3) is 8.86. The van der Waals surface area contributed by atoms with E-state index in [1.54, 1.807) is 20.8 Å². The maximum atomic E-state index is 12.3. The molecule has 0 aliphatic carbocycles. The molecule has 4 nitrogen and oxygen atoms in total. The van der Waals surface area contributed by atoms with Crippen molar-refractivity contribution in [2.75, 3.05) is 0 Å². The highest BCUT2D eigenvalue weighted by Gasteiger charge is 2.33. The Morgan fingerprint density at radius 2 is 1.38 bits per heavy atom. The Balaban J connectivity index is 0.000000308. The average Bonchev–Trinajstić information content (AvgIpc) is 3.12. The van der Waals surface area contributed by atoms with Crippen LogP contribution in [0.2, 0.25) is 0 Å². The van der Waals surface area contributed by atoms with Crippen LogP contribution < -0.4 is 0 Å². The molecule has 0 aliphatic heterocycles. The van der Waals surface area contributed by atoms with Crippen LogP contribution in [0.5, 0.6) is 0 Å². The number of carbonyl (C=O) groups is 2. The molecule has 0 saturated heterocycles. The van der Waals surface area contributed by atoms with Gasteiger partial charge in [-0.1, -0.05) is 0 Å². The molecule has 0 unspecified atom stereocenters. The number of carbonyl (C=O) groups excluding carboxylic acids is 1. The number of alkyl halides is 6. The molecule has 29 heavy (non-hydrogen) atoms. The summed E-state index contributed by atoms with van der Waals surface area (Å²) in [7, 11) is 0. The van der Waals surface area contributed by atoms with Gasteiger partial charge in [-0.3, -0.25) is 4.79 Å². The molecule has 0 bridgehead atoms. The molecule has 12 heteroatoms. The van der Waals surface area contributed by atoms with E-state index in [1.165, 1.54) is 6.07 Å². The van der Waals surface area contributed by atoms with Gasteiger partial charge in [0.25, 0.3) is 0 Å². The minimum Gasteiger partial charge on any atom is -0.477 e. The van der Waals surface area contributed by atoms with Gasteiger partial charge >= 0.3 is 24.3 Å². The Bertz CT molecular complexity index is 843. The lowest BCUT2D eigenvalue weighted by Crippen LogP contribution is -2.24. The van der Waals surface area contributed by atoms with Crippen LogP contribution in [0.3, 0.4) is 0 Å². The molecular weight excluding hydrogens is 446 g/mol. The van der Waals surface area contributed by atoms with Crippen molar-refractivity contribution in [1.29, 1.82) is 0 Å². The van der Waals surface area contributed by atoms with E-state index in [9.17, 15) is 35.9 Å². The number of hydrogen-bond acceptors (Lipinski definition) is 5. The van der Waals surface area contributed by atoms with Gasteiger partial charge in [-0.15, -0.1) is 22.7 Å². The fourth-order valence-corrected chi connectivity index (χ4v) is 3.32. The Kier molecular flexibility index (Phi) is 7.88. The third-order valence-corrected chi connectivity index (χ3v) is 5.02. The molecule has 0 fully saturated rings. The summed E-state index contributed by atoms with van der Waals surface area (Å²) in [6.07, 6.45) is -8.92. The second-order valence-electron chi connectivity index (χ2n) is 6.49. The summed E-state index contributed by atoms with van der Waals surface area (Å²) in [5.41, 5.74) is -0.624. The van der Waals surface area contributed by atoms with Crippen molar-refractivity contribution in [2.45, 2.75) is 45.1 Å². The minimum absolute atomic E-state index is 0.127. The fourth-order valence-electron chi connectivity index (χ4n) is 1.75. The van der Waals surface area contributed by atoms with Crippen LogP contribution in [0.1, 0.15) is 45.1 Å². The van der Waals surface area contributed by atoms with Gasteiger partial charge in [-0.2, -0.15) is 26.3 Å². The second kappa shape index (κ2) is 9.16. The molecule has 0 saturated carbocycles. The van der Waals surface area contributed by atoms with E-state index in [4.69, 9.17) is 9.84 Å². The van der Waals surface area contributed by atoms with E-state index < -0.39 is 39.6 Å². The molecule has 162 valence electrons. The average molecular weight is 462 g/mol. The fraction of sp³-hybridized carbons (Fsp3) is 0.412. The van der Waals surface area contributed by atoms with Crippen molar-refractivity contribution < 1.29 is 45.8 Å². The molecule has 1 N–H and O–H groups in total. The highest BCUT2D eigenvalue weighted by atomic mass is 32.1. The summed E-state index contributed by atoms with van der Waals surface area (Å²) in [5.74, 6) is -1.86. The van der Waals surface area contributed by atoms with E-state index in [0.717, 1.165) is 18.2 Å². The van der Waals surface area contributed by atoms with E-state index in [1.807, 2.05) is 0 Å². The summed E-state index contributed by atoms with van der Waals surface area (Å²) in [4.78, 5) is 20.0. The van der Waals surface area contributed by atoms with Gasteiger partial charge in [-0.25, -0.2) is 4.79 Å². The lowest BCUT2D eigenvalue weighted by atomic mass is 10.2. The van der Waals surface area contributed by atoms with Crippen LogP contribution >= 0.6 is 22.7 Å². The van der Waals surface area contributed by atoms with Gasteiger partial charge in [0.05, 0.1) is 6.42 Å². The summed E-state index contributed by atoms with van der Waals surface area (Å²) in [5, 5.41) is 8.31. The standard InChI is InChI=1S/C11H13F3O2S.C6H3F3O2S/c1-10(2,3)16-9(15)6-7-4-5-8(17-7)11(12,13)14;7-6(8,9)4-2-1-3(12-4)5(10)11/h4-5H,6H2,1-3H3;1-2H,(H,10,11). The van der Waals surface area contributed by atoms with Crippen LogP contribution in [0.15, 0.2) is 24.3 Å². The Labute approximate surface area is 169 Å². The summed E-state index contributed by atoms with van der Waals surface area (Å²) in [6, 6.07) is 3.98. The molecule has 2 aromatic heterocycles. The number of carboxylic acids is 1. The zero-order valence-electron chi connectivity index (χ0n) is 15.3. The van der Waals surface area contributed by atoms with Crippen LogP contribution in [-0.2, 0) is 28.3 Å². The number of hydrogen-bond donors (Lipinski definition) is 1. The predicted octanol–water partition coefficient (Wildman–Crippen LogP) is 6.12. The monoisotopic (exact) mass is 462 g/mol. The van der Waals surface area contributed by atoms with Crippen molar-refractivity contribution >= 4 is 34.6 Å². The molecule has 2 heterocycles. The first-order chi connectivity index (χ1) is 13.0. The van der Waals surface area contributed by atoms with Crippen LogP contribution in [0, 0.1) is 0 Å². The number of halogens is 6. The molecule has 0 spiro atoms. The SMILES string of the molecule is CC(C)(C)OC(=O)Cc1ccc(C(F)(F)F)s1.O=C(O)c1ccc(C(F)(F)F)s1. The van der Waals surface area contributed by atoms with Crippen molar-refractivity contribution in [1.82, 2.24) is 0 Å². The quantitative estimate of drug-likeness (QED) is 0.441. The number of ether oxygens (including phenoxy) is 1. The van der Waals surface area contributed by atoms with Crippen LogP contribution in [0.25, 0.3) is 0 Å². The predicted molar refractivity (Wildman–Crippen MR) is 95.2 cm³/mol. The molecule has 0 aliphatic rings. The third-order valence-electron chi connectivity index (χ3n) is 2.78. The molecule has 2 rings (SSSR count). The molecule has 0 amide bonds. The topological polar surface area (TPSA) is 63.6 Å². The van der Waals surface area contributed by atoms with Gasteiger partial charge in [0, 0.05) is 4.88 Å². The Morgan fingerprint density at radius 1 is 0.897 bits per heavy atom. The molecule has 2 aromatic rings. The maximum absolute atomic E-state index is 12.3. The number of carboxylic acid groups (broad SMARTS) is 1. The van der Waals surface area contributed by atoms with E-state index in [0.29, 0.717) is 16.2 Å². The first kappa shape index (κ1) is 25.0. The number of aromatic carboxylic acids is 1. The second-order valence-corrected chi connectivity index (χ2v) is 8.75. The van der Waals surface area contributed by atoms with Gasteiger partial charge in [0.15, 0.2) is 0 Å². The zero-order valence-corrected chi connectivity index (χ0v) is 16.9. The van der Waals surface area contributed by atoms with Crippen molar-refractivity contribution in [3.63, 3.8) is 0 Å². The van der Waals surface area contributed by atoms with Crippen molar-refractivity contribution in [3.8, 4) is 0 Å². The summed E-state index contributed by atoms with van der Waals surface area (Å²) < 4.78 is 77.6. The highest BCUT2D eigenvalue weighted by Crippen LogP contribution is 2.35. The van der Waals surface area contributed by atoms with Gasteiger partial charge in [0.2, 0.25) is 0 Å². The zero-order chi connectivity index (χ0) is 22.6. The van der Waals surface area contributed by atoms with Crippen LogP contribution in [-0.4, -0.2) is 22.6 Å². The number of esters is 1. The lowest BCUT2D eigenvalue weighted by Gasteiger charge is -2.19. The first-order valence-corrected chi connectivity index (χ1v) is 9.40. The van der Waals surface area contributed by atoms with E-state index in [2.05, 4.69) is 0 Å². The Morgan fingerprint density at radius 3 is 1.72 bits per heavy atom. The highest BCUT2D eigenvalue weighted by molar-refractivity contribution is 7.14. The maximum Gasteiger partial charge on any atom is 0.425 e. The van der Waals surface area contributed by atoms with Gasteiger partial charge in [-0.05, 0) is 45.0 Å². The van der Waals surface area contributed by atoms with Gasteiger partial charge in [0.1, 0.15) is 20.2 Å². The molecular formula is C17H16F6O4S2. The first-order valence-electron chi connectivity index (χ1n) is 7.77. The van der Waals surface area contributed by atoms with E-state index in [-0.39, 0.29) is 22.6 Å². The van der Waals surface area contributed by atoms with Crippen molar-refractivity contribution in [3.05, 3.63) is 43.8 Å². The normalized spacial score (nSPS) is 12.2.